The van der Waals surface area contributed by atoms with E-state index in [4.69, 9.17) is 0 Å². The van der Waals surface area contributed by atoms with Crippen molar-refractivity contribution in [1.82, 2.24) is 10.2 Å². The number of amides is 1. The third kappa shape index (κ3) is 4.06. The molecule has 112 valence electrons. The molecule has 1 saturated heterocycles. The Labute approximate surface area is 126 Å². The standard InChI is InChI=1S/C16H26N2OS/c1-12(11-18-9-5-6-15(18)19)17-10-13-7-8-14(20-13)16(2,3)4/h7-8,12,17H,5-6,9-11H2,1-4H3. The number of rotatable bonds is 5. The summed E-state index contributed by atoms with van der Waals surface area (Å²) in [5, 5.41) is 3.53. The number of carbonyl (C=O) groups is 1. The highest BCUT2D eigenvalue weighted by atomic mass is 32.1. The number of likely N-dealkylation sites (tertiary alicyclic amines) is 1. The second kappa shape index (κ2) is 6.27. The third-order valence-corrected chi connectivity index (χ3v) is 5.20. The Morgan fingerprint density at radius 1 is 1.40 bits per heavy atom. The average Bonchev–Trinajstić information content (AvgIpc) is 2.96. The van der Waals surface area contributed by atoms with Gasteiger partial charge >= 0.3 is 0 Å². The Balaban J connectivity index is 1.79. The van der Waals surface area contributed by atoms with Crippen LogP contribution in [0.2, 0.25) is 0 Å². The smallest absolute Gasteiger partial charge is 0.222 e. The molecule has 3 nitrogen and oxygen atoms in total. The number of thiophene rings is 1. The molecule has 1 amide bonds. The van der Waals surface area contributed by atoms with Gasteiger partial charge in [-0.15, -0.1) is 11.3 Å². The van der Waals surface area contributed by atoms with Crippen LogP contribution < -0.4 is 5.32 Å². The van der Waals surface area contributed by atoms with Crippen molar-refractivity contribution in [3.63, 3.8) is 0 Å². The molecular formula is C16H26N2OS. The first-order valence-electron chi connectivity index (χ1n) is 7.46. The normalized spacial score (nSPS) is 17.8. The minimum atomic E-state index is 0.233. The number of nitrogens with zero attached hydrogens (tertiary/aromatic N) is 1. The Kier molecular flexibility index (Phi) is 4.86. The van der Waals surface area contributed by atoms with Gasteiger partial charge in [0.1, 0.15) is 0 Å². The van der Waals surface area contributed by atoms with E-state index >= 15 is 0 Å². The van der Waals surface area contributed by atoms with E-state index in [-0.39, 0.29) is 5.41 Å². The van der Waals surface area contributed by atoms with Gasteiger partial charge < -0.3 is 10.2 Å². The Hall–Kier alpha value is -0.870. The van der Waals surface area contributed by atoms with Gasteiger partial charge in [0, 0.05) is 41.9 Å². The van der Waals surface area contributed by atoms with Crippen LogP contribution in [0, 0.1) is 0 Å². The van der Waals surface area contributed by atoms with Crippen LogP contribution in [0.3, 0.4) is 0 Å². The molecule has 1 aliphatic rings. The molecule has 1 aromatic heterocycles. The van der Waals surface area contributed by atoms with Crippen molar-refractivity contribution in [2.75, 3.05) is 13.1 Å². The summed E-state index contributed by atoms with van der Waals surface area (Å²) in [6.07, 6.45) is 1.75. The average molecular weight is 294 g/mol. The van der Waals surface area contributed by atoms with Crippen LogP contribution in [0.25, 0.3) is 0 Å². The van der Waals surface area contributed by atoms with E-state index in [0.29, 0.717) is 11.9 Å². The van der Waals surface area contributed by atoms with Gasteiger partial charge in [-0.05, 0) is 30.9 Å². The molecular weight excluding hydrogens is 268 g/mol. The lowest BCUT2D eigenvalue weighted by atomic mass is 9.95. The van der Waals surface area contributed by atoms with Crippen molar-refractivity contribution in [2.45, 2.75) is 58.5 Å². The maximum atomic E-state index is 11.6. The van der Waals surface area contributed by atoms with Gasteiger partial charge in [-0.1, -0.05) is 20.8 Å². The lowest BCUT2D eigenvalue weighted by molar-refractivity contribution is -0.127. The van der Waals surface area contributed by atoms with Gasteiger partial charge in [-0.2, -0.15) is 0 Å². The van der Waals surface area contributed by atoms with Gasteiger partial charge in [0.05, 0.1) is 0 Å². The summed E-state index contributed by atoms with van der Waals surface area (Å²) in [7, 11) is 0. The highest BCUT2D eigenvalue weighted by Gasteiger charge is 2.21. The van der Waals surface area contributed by atoms with E-state index in [0.717, 1.165) is 32.5 Å². The molecule has 1 unspecified atom stereocenters. The molecule has 4 heteroatoms. The third-order valence-electron chi connectivity index (χ3n) is 3.69. The Morgan fingerprint density at radius 3 is 2.70 bits per heavy atom. The van der Waals surface area contributed by atoms with Crippen molar-refractivity contribution in [2.24, 2.45) is 0 Å². The highest BCUT2D eigenvalue weighted by molar-refractivity contribution is 7.12. The topological polar surface area (TPSA) is 32.3 Å². The first-order chi connectivity index (χ1) is 9.36. The van der Waals surface area contributed by atoms with Gasteiger partial charge in [-0.25, -0.2) is 0 Å². The molecule has 2 rings (SSSR count). The van der Waals surface area contributed by atoms with Crippen molar-refractivity contribution < 1.29 is 4.79 Å². The van der Waals surface area contributed by atoms with Crippen LogP contribution >= 0.6 is 11.3 Å². The van der Waals surface area contributed by atoms with Gasteiger partial charge in [-0.3, -0.25) is 4.79 Å². The maximum absolute atomic E-state index is 11.6. The largest absolute Gasteiger partial charge is 0.341 e. The Morgan fingerprint density at radius 2 is 2.15 bits per heavy atom. The summed E-state index contributed by atoms with van der Waals surface area (Å²) < 4.78 is 0. The maximum Gasteiger partial charge on any atom is 0.222 e. The van der Waals surface area contributed by atoms with E-state index in [1.165, 1.54) is 9.75 Å². The fraction of sp³-hybridized carbons (Fsp3) is 0.688. The van der Waals surface area contributed by atoms with E-state index in [1.54, 1.807) is 0 Å². The van der Waals surface area contributed by atoms with Crippen molar-refractivity contribution in [3.8, 4) is 0 Å². The van der Waals surface area contributed by atoms with E-state index in [1.807, 2.05) is 16.2 Å². The van der Waals surface area contributed by atoms with Gasteiger partial charge in [0.15, 0.2) is 0 Å². The molecule has 0 bridgehead atoms. The molecule has 0 aliphatic carbocycles. The number of hydrogen-bond donors (Lipinski definition) is 1. The molecule has 1 aromatic rings. The molecule has 0 radical (unpaired) electrons. The summed E-state index contributed by atoms with van der Waals surface area (Å²) in [4.78, 5) is 16.4. The molecule has 2 heterocycles. The molecule has 1 N–H and O–H groups in total. The molecule has 0 aromatic carbocycles. The fourth-order valence-electron chi connectivity index (χ4n) is 2.44. The van der Waals surface area contributed by atoms with Crippen LogP contribution in [-0.4, -0.2) is 29.9 Å². The van der Waals surface area contributed by atoms with Crippen molar-refractivity contribution in [1.29, 1.82) is 0 Å². The van der Waals surface area contributed by atoms with Crippen LogP contribution in [0.4, 0.5) is 0 Å². The molecule has 0 saturated carbocycles. The zero-order valence-electron chi connectivity index (χ0n) is 13.0. The van der Waals surface area contributed by atoms with Crippen LogP contribution in [0.1, 0.15) is 50.3 Å². The molecule has 1 aliphatic heterocycles. The van der Waals surface area contributed by atoms with Gasteiger partial charge in [0.2, 0.25) is 5.91 Å². The van der Waals surface area contributed by atoms with Crippen molar-refractivity contribution in [3.05, 3.63) is 21.9 Å². The molecule has 20 heavy (non-hydrogen) atoms. The van der Waals surface area contributed by atoms with Crippen LogP contribution in [0.5, 0.6) is 0 Å². The first-order valence-corrected chi connectivity index (χ1v) is 8.28. The summed E-state index contributed by atoms with van der Waals surface area (Å²) >= 11 is 1.88. The predicted octanol–water partition coefficient (Wildman–Crippen LogP) is 3.15. The van der Waals surface area contributed by atoms with E-state index < -0.39 is 0 Å². The summed E-state index contributed by atoms with van der Waals surface area (Å²) in [5.74, 6) is 0.310. The Bertz CT molecular complexity index is 461. The number of hydrogen-bond acceptors (Lipinski definition) is 3. The highest BCUT2D eigenvalue weighted by Crippen LogP contribution is 2.29. The lowest BCUT2D eigenvalue weighted by Crippen LogP contribution is -2.39. The monoisotopic (exact) mass is 294 g/mol. The van der Waals surface area contributed by atoms with E-state index in [2.05, 4.69) is 45.1 Å². The summed E-state index contributed by atoms with van der Waals surface area (Å²) in [6.45, 7) is 11.6. The second-order valence-corrected chi connectivity index (χ2v) is 7.91. The van der Waals surface area contributed by atoms with Crippen LogP contribution in [-0.2, 0) is 16.8 Å². The molecule has 1 fully saturated rings. The fourth-order valence-corrected chi connectivity index (χ4v) is 3.46. The molecule has 1 atom stereocenters. The summed E-state index contributed by atoms with van der Waals surface area (Å²) in [6, 6.07) is 4.79. The van der Waals surface area contributed by atoms with E-state index in [9.17, 15) is 4.79 Å². The lowest BCUT2D eigenvalue weighted by Gasteiger charge is -2.21. The predicted molar refractivity (Wildman–Crippen MR) is 85.1 cm³/mol. The minimum absolute atomic E-state index is 0.233. The second-order valence-electron chi connectivity index (χ2n) is 6.74. The van der Waals surface area contributed by atoms with Crippen molar-refractivity contribution >= 4 is 17.2 Å². The van der Waals surface area contributed by atoms with Gasteiger partial charge in [0.25, 0.3) is 0 Å². The summed E-state index contributed by atoms with van der Waals surface area (Å²) in [5.41, 5.74) is 0.233. The quantitative estimate of drug-likeness (QED) is 0.905. The zero-order chi connectivity index (χ0) is 14.8. The zero-order valence-corrected chi connectivity index (χ0v) is 13.8. The number of nitrogens with one attached hydrogen (secondary N) is 1. The number of carbonyl (C=O) groups excluding carboxylic acids is 1. The first kappa shape index (κ1) is 15.5. The minimum Gasteiger partial charge on any atom is -0.341 e. The van der Waals surface area contributed by atoms with Crippen LogP contribution in [0.15, 0.2) is 12.1 Å². The SMILES string of the molecule is CC(CN1CCCC1=O)NCc1ccc(C(C)(C)C)s1. The molecule has 0 spiro atoms.